The predicted molar refractivity (Wildman–Crippen MR) is 123 cm³/mol. The number of thiophene rings is 1. The maximum Gasteiger partial charge on any atom is 0.238 e. The first-order chi connectivity index (χ1) is 14.8. The van der Waals surface area contributed by atoms with E-state index in [-0.39, 0.29) is 24.3 Å². The number of piperazine rings is 1. The minimum Gasteiger partial charge on any atom is -0.383 e. The highest BCUT2D eigenvalue weighted by atomic mass is 32.1. The molecule has 9 heteroatoms. The molecular formula is C22H27FN6OS. The fourth-order valence-electron chi connectivity index (χ4n) is 3.93. The molecule has 0 bridgehead atoms. The van der Waals surface area contributed by atoms with Crippen molar-refractivity contribution in [2.24, 2.45) is 0 Å². The normalized spacial score (nSPS) is 16.5. The summed E-state index contributed by atoms with van der Waals surface area (Å²) in [5.41, 5.74) is 7.88. The number of nitrogen functional groups attached to an aromatic ring is 1. The van der Waals surface area contributed by atoms with Crippen molar-refractivity contribution >= 4 is 39.0 Å². The number of hydrogen-bond donors (Lipinski definition) is 2. The number of amides is 1. The third-order valence-electron chi connectivity index (χ3n) is 5.88. The van der Waals surface area contributed by atoms with Gasteiger partial charge in [-0.2, -0.15) is 0 Å². The van der Waals surface area contributed by atoms with Crippen LogP contribution in [0.1, 0.15) is 29.2 Å². The maximum atomic E-state index is 13.3. The van der Waals surface area contributed by atoms with Crippen LogP contribution in [0.4, 0.5) is 15.9 Å². The number of aromatic nitrogens is 2. The molecule has 1 saturated heterocycles. The van der Waals surface area contributed by atoms with E-state index < -0.39 is 0 Å². The summed E-state index contributed by atoms with van der Waals surface area (Å²) in [7, 11) is 0. The molecule has 1 atom stereocenters. The van der Waals surface area contributed by atoms with Crippen LogP contribution in [0.15, 0.2) is 24.3 Å². The van der Waals surface area contributed by atoms with Crippen molar-refractivity contribution in [3.63, 3.8) is 0 Å². The van der Waals surface area contributed by atoms with Gasteiger partial charge in [0, 0.05) is 36.7 Å². The average molecular weight is 443 g/mol. The second kappa shape index (κ2) is 8.86. The van der Waals surface area contributed by atoms with Crippen molar-refractivity contribution in [3.05, 3.63) is 46.3 Å². The van der Waals surface area contributed by atoms with Crippen molar-refractivity contribution < 1.29 is 9.18 Å². The number of benzene rings is 1. The Bertz CT molecular complexity index is 1110. The fraction of sp³-hybridized carbons (Fsp3) is 0.409. The van der Waals surface area contributed by atoms with Gasteiger partial charge in [0.15, 0.2) is 0 Å². The van der Waals surface area contributed by atoms with Gasteiger partial charge in [0.1, 0.15) is 22.3 Å². The first-order valence-corrected chi connectivity index (χ1v) is 11.2. The summed E-state index contributed by atoms with van der Waals surface area (Å²) < 4.78 is 13.3. The summed E-state index contributed by atoms with van der Waals surface area (Å²) in [4.78, 5) is 28.3. The third-order valence-corrected chi connectivity index (χ3v) is 6.98. The summed E-state index contributed by atoms with van der Waals surface area (Å²) in [6.45, 7) is 9.64. The largest absolute Gasteiger partial charge is 0.383 e. The molecule has 0 radical (unpaired) electrons. The monoisotopic (exact) mass is 442 g/mol. The molecule has 1 aliphatic rings. The van der Waals surface area contributed by atoms with Gasteiger partial charge in [-0.25, -0.2) is 14.4 Å². The Morgan fingerprint density at radius 3 is 2.71 bits per heavy atom. The first-order valence-electron chi connectivity index (χ1n) is 10.4. The molecule has 3 aromatic rings. The second-order valence-corrected chi connectivity index (χ2v) is 9.18. The van der Waals surface area contributed by atoms with Crippen LogP contribution in [-0.2, 0) is 4.79 Å². The number of aryl methyl sites for hydroxylation is 2. The topological polar surface area (TPSA) is 87.4 Å². The van der Waals surface area contributed by atoms with Gasteiger partial charge in [-0.3, -0.25) is 14.6 Å². The number of nitrogens with two attached hydrogens (primary N) is 1. The number of fused-ring (bicyclic) bond motifs is 1. The minimum absolute atomic E-state index is 0.0395. The lowest BCUT2D eigenvalue weighted by Gasteiger charge is -2.37. The van der Waals surface area contributed by atoms with Crippen molar-refractivity contribution in [1.29, 1.82) is 0 Å². The Hall–Kier alpha value is -2.62. The van der Waals surface area contributed by atoms with Crippen LogP contribution in [0.3, 0.4) is 0 Å². The number of nitrogens with one attached hydrogen (secondary N) is 1. The van der Waals surface area contributed by atoms with Crippen molar-refractivity contribution in [1.82, 2.24) is 19.8 Å². The highest BCUT2D eigenvalue weighted by molar-refractivity contribution is 7.18. The molecule has 31 heavy (non-hydrogen) atoms. The zero-order valence-corrected chi connectivity index (χ0v) is 18.8. The van der Waals surface area contributed by atoms with Crippen LogP contribution in [0.2, 0.25) is 0 Å². The number of hydrogen-bond acceptors (Lipinski definition) is 7. The van der Waals surface area contributed by atoms with Crippen LogP contribution in [-0.4, -0.2) is 58.4 Å². The molecule has 1 fully saturated rings. The Morgan fingerprint density at radius 1 is 1.26 bits per heavy atom. The number of anilines is 2. The molecule has 1 aromatic carbocycles. The predicted octanol–water partition coefficient (Wildman–Crippen LogP) is 3.35. The van der Waals surface area contributed by atoms with E-state index in [1.165, 1.54) is 17.0 Å². The van der Waals surface area contributed by atoms with Gasteiger partial charge in [-0.1, -0.05) is 6.07 Å². The minimum atomic E-state index is -0.366. The summed E-state index contributed by atoms with van der Waals surface area (Å²) in [6.07, 6.45) is 0. The quantitative estimate of drug-likeness (QED) is 0.630. The number of halogens is 1. The number of carbonyl (C=O) groups is 1. The van der Waals surface area contributed by atoms with Crippen molar-refractivity contribution in [3.8, 4) is 0 Å². The Morgan fingerprint density at radius 2 is 2.00 bits per heavy atom. The van der Waals surface area contributed by atoms with Gasteiger partial charge in [-0.05, 0) is 44.5 Å². The van der Waals surface area contributed by atoms with Gasteiger partial charge in [0.2, 0.25) is 5.91 Å². The van der Waals surface area contributed by atoms with Gasteiger partial charge in [0.05, 0.1) is 18.0 Å². The SMILES string of the molecule is Cc1sc2nc(C(C)N3CCN(CC(=O)Nc4cccc(F)c4)CC3)nc(N)c2c1C. The standard InChI is InChI=1S/C22H27FN6OS/c1-13-15(3)31-22-19(13)20(24)26-21(27-22)14(2)29-9-7-28(8-10-29)12-18(30)25-17-6-4-5-16(23)11-17/h4-6,11,14H,7-10,12H2,1-3H3,(H,25,30)(H2,24,26,27). The van der Waals surface area contributed by atoms with E-state index in [1.54, 1.807) is 23.5 Å². The Balaban J connectivity index is 1.35. The maximum absolute atomic E-state index is 13.3. The van der Waals surface area contributed by atoms with Gasteiger partial charge >= 0.3 is 0 Å². The molecule has 0 spiro atoms. The third kappa shape index (κ3) is 4.68. The van der Waals surface area contributed by atoms with Crippen molar-refractivity contribution in [2.45, 2.75) is 26.8 Å². The average Bonchev–Trinajstić information content (AvgIpc) is 3.02. The fourth-order valence-corrected chi connectivity index (χ4v) is 4.97. The Kier molecular flexibility index (Phi) is 6.17. The molecule has 1 aliphatic heterocycles. The van der Waals surface area contributed by atoms with Crippen LogP contribution in [0.25, 0.3) is 10.2 Å². The molecule has 3 N–H and O–H groups in total. The smallest absolute Gasteiger partial charge is 0.238 e. The molecule has 1 unspecified atom stereocenters. The van der Waals surface area contributed by atoms with E-state index in [9.17, 15) is 9.18 Å². The van der Waals surface area contributed by atoms with E-state index in [4.69, 9.17) is 10.7 Å². The highest BCUT2D eigenvalue weighted by Gasteiger charge is 2.26. The molecule has 2 aromatic heterocycles. The highest BCUT2D eigenvalue weighted by Crippen LogP contribution is 2.33. The molecule has 7 nitrogen and oxygen atoms in total. The molecular weight excluding hydrogens is 415 g/mol. The van der Waals surface area contributed by atoms with E-state index >= 15 is 0 Å². The number of carbonyl (C=O) groups excluding carboxylic acids is 1. The number of nitrogens with zero attached hydrogens (tertiary/aromatic N) is 4. The zero-order chi connectivity index (χ0) is 22.1. The molecule has 164 valence electrons. The van der Waals surface area contributed by atoms with Gasteiger partial charge in [0.25, 0.3) is 0 Å². The van der Waals surface area contributed by atoms with Gasteiger partial charge in [-0.15, -0.1) is 11.3 Å². The van der Waals surface area contributed by atoms with E-state index in [0.29, 0.717) is 11.5 Å². The summed E-state index contributed by atoms with van der Waals surface area (Å²) in [5.74, 6) is 0.774. The second-order valence-electron chi connectivity index (χ2n) is 7.98. The van der Waals surface area contributed by atoms with Crippen LogP contribution < -0.4 is 11.1 Å². The molecule has 1 amide bonds. The van der Waals surface area contributed by atoms with Crippen LogP contribution in [0.5, 0.6) is 0 Å². The lowest BCUT2D eigenvalue weighted by molar-refractivity contribution is -0.117. The van der Waals surface area contributed by atoms with Crippen LogP contribution >= 0.6 is 11.3 Å². The molecule has 3 heterocycles. The lowest BCUT2D eigenvalue weighted by atomic mass is 10.2. The zero-order valence-electron chi connectivity index (χ0n) is 18.0. The first kappa shape index (κ1) is 21.6. The summed E-state index contributed by atoms with van der Waals surface area (Å²) >= 11 is 1.65. The van der Waals surface area contributed by atoms with E-state index in [0.717, 1.165) is 47.8 Å². The lowest BCUT2D eigenvalue weighted by Crippen LogP contribution is -2.49. The molecule has 4 rings (SSSR count). The summed E-state index contributed by atoms with van der Waals surface area (Å²) in [5, 5.41) is 3.72. The number of rotatable bonds is 5. The van der Waals surface area contributed by atoms with E-state index in [2.05, 4.69) is 40.9 Å². The molecule has 0 aliphatic carbocycles. The Labute approximate surface area is 185 Å². The van der Waals surface area contributed by atoms with Crippen molar-refractivity contribution in [2.75, 3.05) is 43.8 Å². The van der Waals surface area contributed by atoms with Crippen LogP contribution in [0, 0.1) is 19.7 Å². The molecule has 0 saturated carbocycles. The van der Waals surface area contributed by atoms with Gasteiger partial charge < -0.3 is 11.1 Å². The summed E-state index contributed by atoms with van der Waals surface area (Å²) in [6, 6.07) is 5.97. The van der Waals surface area contributed by atoms with E-state index in [1.807, 2.05) is 0 Å².